The minimum atomic E-state index is 0.155. The number of hydrogen-bond donors (Lipinski definition) is 1. The molecule has 1 heterocycles. The Morgan fingerprint density at radius 1 is 1.12 bits per heavy atom. The molecule has 132 valence electrons. The first kappa shape index (κ1) is 18.2. The van der Waals surface area contributed by atoms with Crippen molar-refractivity contribution in [3.05, 3.63) is 70.2 Å². The number of carbonyl (C=O) groups excluding carboxylic acids is 1. The summed E-state index contributed by atoms with van der Waals surface area (Å²) in [7, 11) is 0. The molecule has 1 unspecified atom stereocenters. The van der Waals surface area contributed by atoms with Gasteiger partial charge in [0.05, 0.1) is 0 Å². The van der Waals surface area contributed by atoms with Gasteiger partial charge < -0.3 is 5.32 Å². The number of carbonyl (C=O) groups is 1. The van der Waals surface area contributed by atoms with Crippen LogP contribution in [0.3, 0.4) is 0 Å². The number of halogens is 1. The van der Waals surface area contributed by atoms with Crippen molar-refractivity contribution in [2.24, 2.45) is 0 Å². The average Bonchev–Trinajstić information content (AvgIpc) is 2.62. The minimum Gasteiger partial charge on any atom is -0.352 e. The van der Waals surface area contributed by atoms with Crippen molar-refractivity contribution in [2.45, 2.75) is 38.3 Å². The molecule has 1 atom stereocenters. The minimum absolute atomic E-state index is 0.155. The molecular weight excluding hydrogens is 376 g/mol. The van der Waals surface area contributed by atoms with E-state index in [2.05, 4.69) is 56.5 Å². The summed E-state index contributed by atoms with van der Waals surface area (Å²) in [5.41, 5.74) is 2.52. The Hall–Kier alpha value is -1.65. The van der Waals surface area contributed by atoms with Crippen LogP contribution >= 0.6 is 15.9 Å². The summed E-state index contributed by atoms with van der Waals surface area (Å²) in [6.45, 7) is 3.01. The summed E-state index contributed by atoms with van der Waals surface area (Å²) in [5, 5.41) is 3.23. The monoisotopic (exact) mass is 400 g/mol. The number of hydrogen-bond acceptors (Lipinski definition) is 2. The van der Waals surface area contributed by atoms with Gasteiger partial charge in [0.2, 0.25) is 5.91 Å². The molecule has 25 heavy (non-hydrogen) atoms. The zero-order valence-corrected chi connectivity index (χ0v) is 16.0. The Kier molecular flexibility index (Phi) is 6.65. The highest BCUT2D eigenvalue weighted by Gasteiger charge is 2.21. The van der Waals surface area contributed by atoms with Gasteiger partial charge in [-0.1, -0.05) is 64.5 Å². The zero-order valence-electron chi connectivity index (χ0n) is 14.5. The van der Waals surface area contributed by atoms with Crippen molar-refractivity contribution in [3.8, 4) is 0 Å². The van der Waals surface area contributed by atoms with Crippen LogP contribution in [0.25, 0.3) is 0 Å². The Balaban J connectivity index is 1.45. The number of rotatable bonds is 6. The molecule has 2 aromatic rings. The highest BCUT2D eigenvalue weighted by molar-refractivity contribution is 9.10. The van der Waals surface area contributed by atoms with Crippen LogP contribution in [0.5, 0.6) is 0 Å². The molecule has 0 bridgehead atoms. The van der Waals surface area contributed by atoms with Crippen LogP contribution in [0, 0.1) is 0 Å². The molecule has 1 amide bonds. The number of aryl methyl sites for hydroxylation is 1. The molecule has 4 heteroatoms. The lowest BCUT2D eigenvalue weighted by atomic mass is 10.0. The predicted molar refractivity (Wildman–Crippen MR) is 105 cm³/mol. The Morgan fingerprint density at radius 3 is 2.68 bits per heavy atom. The second-order valence-electron chi connectivity index (χ2n) is 6.72. The molecule has 1 fully saturated rings. The van der Waals surface area contributed by atoms with Gasteiger partial charge in [-0.3, -0.25) is 9.69 Å². The maximum absolute atomic E-state index is 12.3. The van der Waals surface area contributed by atoms with Crippen molar-refractivity contribution in [3.63, 3.8) is 0 Å². The van der Waals surface area contributed by atoms with Crippen LogP contribution in [-0.4, -0.2) is 29.9 Å². The molecule has 1 aliphatic rings. The van der Waals surface area contributed by atoms with Gasteiger partial charge in [-0.05, 0) is 43.0 Å². The summed E-state index contributed by atoms with van der Waals surface area (Å²) in [4.78, 5) is 14.8. The summed E-state index contributed by atoms with van der Waals surface area (Å²) in [6.07, 6.45) is 3.53. The summed E-state index contributed by atoms with van der Waals surface area (Å²) in [6, 6.07) is 18.9. The van der Waals surface area contributed by atoms with E-state index in [4.69, 9.17) is 0 Å². The fourth-order valence-electron chi connectivity index (χ4n) is 3.41. The van der Waals surface area contributed by atoms with Gasteiger partial charge in [0, 0.05) is 30.0 Å². The van der Waals surface area contributed by atoms with Gasteiger partial charge >= 0.3 is 0 Å². The molecular formula is C21H25BrN2O. The second kappa shape index (κ2) is 9.16. The van der Waals surface area contributed by atoms with Crippen molar-refractivity contribution in [2.75, 3.05) is 13.1 Å². The molecule has 2 aromatic carbocycles. The van der Waals surface area contributed by atoms with Gasteiger partial charge in [0.1, 0.15) is 0 Å². The molecule has 1 aliphatic heterocycles. The quantitative estimate of drug-likeness (QED) is 0.789. The topological polar surface area (TPSA) is 32.3 Å². The van der Waals surface area contributed by atoms with Crippen LogP contribution in [0.1, 0.15) is 30.4 Å². The maximum atomic E-state index is 12.3. The van der Waals surface area contributed by atoms with Crippen molar-refractivity contribution >= 4 is 21.8 Å². The second-order valence-corrected chi connectivity index (χ2v) is 7.57. The predicted octanol–water partition coefficient (Wildman–Crippen LogP) is 4.16. The van der Waals surface area contributed by atoms with E-state index in [1.807, 2.05) is 24.3 Å². The van der Waals surface area contributed by atoms with Crippen LogP contribution in [-0.2, 0) is 17.8 Å². The van der Waals surface area contributed by atoms with Crippen LogP contribution < -0.4 is 5.32 Å². The third-order valence-corrected chi connectivity index (χ3v) is 5.47. The normalized spacial score (nSPS) is 18.0. The van der Waals surface area contributed by atoms with Crippen molar-refractivity contribution < 1.29 is 4.79 Å². The number of nitrogens with one attached hydrogen (secondary N) is 1. The third kappa shape index (κ3) is 5.68. The van der Waals surface area contributed by atoms with E-state index in [-0.39, 0.29) is 11.9 Å². The molecule has 1 saturated heterocycles. The van der Waals surface area contributed by atoms with E-state index in [1.54, 1.807) is 0 Å². The first-order valence-corrected chi connectivity index (χ1v) is 9.79. The highest BCUT2D eigenvalue weighted by Crippen LogP contribution is 2.18. The average molecular weight is 401 g/mol. The molecule has 0 spiro atoms. The van der Waals surface area contributed by atoms with E-state index in [1.165, 1.54) is 11.1 Å². The van der Waals surface area contributed by atoms with E-state index in [0.717, 1.165) is 43.4 Å². The number of amides is 1. The van der Waals surface area contributed by atoms with Gasteiger partial charge in [-0.2, -0.15) is 0 Å². The van der Waals surface area contributed by atoms with Gasteiger partial charge in [0.15, 0.2) is 0 Å². The lowest BCUT2D eigenvalue weighted by molar-refractivity contribution is -0.122. The largest absolute Gasteiger partial charge is 0.352 e. The summed E-state index contributed by atoms with van der Waals surface area (Å²) >= 11 is 3.55. The molecule has 3 nitrogen and oxygen atoms in total. The number of nitrogens with zero attached hydrogens (tertiary/aromatic N) is 1. The first-order chi connectivity index (χ1) is 12.2. The number of likely N-dealkylation sites (tertiary alicyclic amines) is 1. The fraction of sp³-hybridized carbons (Fsp3) is 0.381. The van der Waals surface area contributed by atoms with Crippen molar-refractivity contribution in [1.29, 1.82) is 0 Å². The van der Waals surface area contributed by atoms with Gasteiger partial charge in [-0.15, -0.1) is 0 Å². The van der Waals surface area contributed by atoms with Crippen LogP contribution in [0.4, 0.5) is 0 Å². The standard InChI is InChI=1S/C21H25BrN2O/c22-20-11-5-4-9-18(20)12-13-21(25)23-19-10-6-14-24(16-19)15-17-7-2-1-3-8-17/h1-5,7-9,11,19H,6,10,12-16H2,(H,23,25). The van der Waals surface area contributed by atoms with Gasteiger partial charge in [0.25, 0.3) is 0 Å². The Morgan fingerprint density at radius 2 is 1.88 bits per heavy atom. The number of benzene rings is 2. The summed E-state index contributed by atoms with van der Waals surface area (Å²) < 4.78 is 1.08. The smallest absolute Gasteiger partial charge is 0.220 e. The van der Waals surface area contributed by atoms with E-state index in [0.29, 0.717) is 6.42 Å². The van der Waals surface area contributed by atoms with Crippen LogP contribution in [0.15, 0.2) is 59.1 Å². The van der Waals surface area contributed by atoms with Gasteiger partial charge in [-0.25, -0.2) is 0 Å². The Labute approximate surface area is 158 Å². The fourth-order valence-corrected chi connectivity index (χ4v) is 3.89. The lowest BCUT2D eigenvalue weighted by Crippen LogP contribution is -2.47. The van der Waals surface area contributed by atoms with E-state index >= 15 is 0 Å². The van der Waals surface area contributed by atoms with Crippen LogP contribution in [0.2, 0.25) is 0 Å². The maximum Gasteiger partial charge on any atom is 0.220 e. The lowest BCUT2D eigenvalue weighted by Gasteiger charge is -2.33. The summed E-state index contributed by atoms with van der Waals surface area (Å²) in [5.74, 6) is 0.155. The highest BCUT2D eigenvalue weighted by atomic mass is 79.9. The first-order valence-electron chi connectivity index (χ1n) is 9.00. The van der Waals surface area contributed by atoms with Crippen molar-refractivity contribution in [1.82, 2.24) is 10.2 Å². The SMILES string of the molecule is O=C(CCc1ccccc1Br)NC1CCCN(Cc2ccccc2)C1. The molecule has 0 aliphatic carbocycles. The molecule has 0 saturated carbocycles. The Bertz CT molecular complexity index is 689. The number of piperidine rings is 1. The third-order valence-electron chi connectivity index (χ3n) is 4.70. The van der Waals surface area contributed by atoms with E-state index in [9.17, 15) is 4.79 Å². The van der Waals surface area contributed by atoms with E-state index < -0.39 is 0 Å². The zero-order chi connectivity index (χ0) is 17.5. The molecule has 0 aromatic heterocycles. The molecule has 1 N–H and O–H groups in total. The molecule has 3 rings (SSSR count). The molecule has 0 radical (unpaired) electrons.